The molecule has 0 N–H and O–H groups in total. The van der Waals surface area contributed by atoms with Gasteiger partial charge < -0.3 is 14.2 Å². The van der Waals surface area contributed by atoms with Gasteiger partial charge in [-0.2, -0.15) is 0 Å². The largest absolute Gasteiger partial charge is 0.490 e. The van der Waals surface area contributed by atoms with Gasteiger partial charge in [-0.1, -0.05) is 72.0 Å². The van der Waals surface area contributed by atoms with Gasteiger partial charge in [0.15, 0.2) is 16.3 Å². The topological polar surface area (TPSA) is 122 Å². The number of hydrogen-bond donors (Lipinski definition) is 0. The highest BCUT2D eigenvalue weighted by Crippen LogP contribution is 2.43. The van der Waals surface area contributed by atoms with Gasteiger partial charge in [-0.25, -0.2) is 9.79 Å². The summed E-state index contributed by atoms with van der Waals surface area (Å²) in [5.41, 5.74) is 1.48. The lowest BCUT2D eigenvalue weighted by Crippen LogP contribution is -2.35. The number of thiazole rings is 1. The van der Waals surface area contributed by atoms with E-state index in [0.717, 1.165) is 22.5 Å². The molecule has 2 heterocycles. The van der Waals surface area contributed by atoms with Crippen LogP contribution in [0.1, 0.15) is 43.5 Å². The normalized spacial score (nSPS) is 14.6. The summed E-state index contributed by atoms with van der Waals surface area (Å²) in [4.78, 5) is 43.8. The molecule has 0 amide bonds. The van der Waals surface area contributed by atoms with Gasteiger partial charge in [-0.15, -0.1) is 0 Å². The SMILES string of the molecule is CCOC(=O)C1=C(C)n2c(s/c(=C\c3ccccc3)c2=O)=N[C@@H]1c1cc(OCC)c(OCc2ccccc2)cc1[N+](=O)[O-]. The maximum atomic E-state index is 13.5. The van der Waals surface area contributed by atoms with Gasteiger partial charge in [0.2, 0.25) is 0 Å². The minimum atomic E-state index is -1.13. The molecule has 0 bridgehead atoms. The monoisotopic (exact) mass is 599 g/mol. The molecule has 10 nitrogen and oxygen atoms in total. The number of aromatic nitrogens is 1. The number of hydrogen-bond acceptors (Lipinski definition) is 9. The van der Waals surface area contributed by atoms with Crippen molar-refractivity contribution in [2.45, 2.75) is 33.4 Å². The van der Waals surface area contributed by atoms with E-state index in [1.54, 1.807) is 26.8 Å². The Balaban J connectivity index is 1.70. The third-order valence-electron chi connectivity index (χ3n) is 6.76. The maximum absolute atomic E-state index is 13.5. The Kier molecular flexibility index (Phi) is 8.82. The molecular formula is C32H29N3O7S. The third kappa shape index (κ3) is 6.12. The summed E-state index contributed by atoms with van der Waals surface area (Å²) in [5, 5.41) is 12.4. The minimum absolute atomic E-state index is 0.0315. The molecule has 0 aliphatic carbocycles. The number of benzene rings is 3. The van der Waals surface area contributed by atoms with Crippen LogP contribution in [0, 0.1) is 10.1 Å². The molecule has 3 aromatic carbocycles. The van der Waals surface area contributed by atoms with E-state index >= 15 is 0 Å². The van der Waals surface area contributed by atoms with Crippen molar-refractivity contribution in [3.63, 3.8) is 0 Å². The first-order valence-corrected chi connectivity index (χ1v) is 14.5. The molecule has 1 aliphatic rings. The highest BCUT2D eigenvalue weighted by molar-refractivity contribution is 7.07. The summed E-state index contributed by atoms with van der Waals surface area (Å²) in [6.45, 7) is 5.57. The molecule has 1 atom stereocenters. The first-order chi connectivity index (χ1) is 20.8. The standard InChI is InChI=1S/C32H29N3O7S/c1-4-40-25-17-23(24(35(38)39)18-26(25)42-19-22-14-10-7-11-15-22)29-28(31(37)41-5-2)20(3)34-30(36)27(43-32(34)33-29)16-21-12-8-6-9-13-21/h6-18,29H,4-5,19H2,1-3H3/b27-16-/t29-/m1/s1. The number of nitro benzene ring substituents is 1. The van der Waals surface area contributed by atoms with E-state index in [9.17, 15) is 19.7 Å². The molecule has 0 spiro atoms. The maximum Gasteiger partial charge on any atom is 0.338 e. The Morgan fingerprint density at radius 1 is 1.02 bits per heavy atom. The molecule has 0 saturated carbocycles. The van der Waals surface area contributed by atoms with E-state index < -0.39 is 16.9 Å². The van der Waals surface area contributed by atoms with E-state index in [4.69, 9.17) is 19.2 Å². The molecule has 43 heavy (non-hydrogen) atoms. The number of carbonyl (C=O) groups excluding carboxylic acids is 1. The zero-order valence-electron chi connectivity index (χ0n) is 23.8. The number of rotatable bonds is 10. The summed E-state index contributed by atoms with van der Waals surface area (Å²) >= 11 is 1.14. The average Bonchev–Trinajstić information content (AvgIpc) is 3.31. The van der Waals surface area contributed by atoms with Crippen molar-refractivity contribution in [2.24, 2.45) is 4.99 Å². The van der Waals surface area contributed by atoms with E-state index in [1.165, 1.54) is 16.7 Å². The van der Waals surface area contributed by atoms with Crippen molar-refractivity contribution >= 4 is 34.8 Å². The Morgan fingerprint density at radius 3 is 2.35 bits per heavy atom. The number of carbonyl (C=O) groups is 1. The number of allylic oxidation sites excluding steroid dienone is 1. The molecule has 0 fully saturated rings. The van der Waals surface area contributed by atoms with Gasteiger partial charge in [-0.05, 0) is 44.0 Å². The highest BCUT2D eigenvalue weighted by atomic mass is 32.1. The quantitative estimate of drug-likeness (QED) is 0.146. The lowest BCUT2D eigenvalue weighted by Gasteiger charge is -2.23. The molecule has 220 valence electrons. The van der Waals surface area contributed by atoms with Crippen molar-refractivity contribution in [1.82, 2.24) is 4.57 Å². The first kappa shape index (κ1) is 29.5. The molecule has 11 heteroatoms. The third-order valence-corrected chi connectivity index (χ3v) is 7.74. The van der Waals surface area contributed by atoms with Crippen molar-refractivity contribution < 1.29 is 23.9 Å². The summed E-state index contributed by atoms with van der Waals surface area (Å²) in [7, 11) is 0. The molecule has 0 radical (unpaired) electrons. The molecule has 5 rings (SSSR count). The summed E-state index contributed by atoms with van der Waals surface area (Å²) in [5.74, 6) is -0.270. The predicted molar refractivity (Wildman–Crippen MR) is 163 cm³/mol. The van der Waals surface area contributed by atoms with Crippen molar-refractivity contribution in [2.75, 3.05) is 13.2 Å². The minimum Gasteiger partial charge on any atom is -0.490 e. The molecule has 1 aromatic heterocycles. The van der Waals surface area contributed by atoms with Gasteiger partial charge in [0.05, 0.1) is 39.9 Å². The summed E-state index contributed by atoms with van der Waals surface area (Å²) in [6, 6.07) is 20.4. The second kappa shape index (κ2) is 12.9. The fourth-order valence-corrected chi connectivity index (χ4v) is 5.84. The van der Waals surface area contributed by atoms with Crippen LogP contribution in [0.15, 0.2) is 88.2 Å². The van der Waals surface area contributed by atoms with E-state index in [-0.39, 0.29) is 53.7 Å². The first-order valence-electron chi connectivity index (χ1n) is 13.7. The molecule has 1 aliphatic heterocycles. The van der Waals surface area contributed by atoms with Crippen LogP contribution < -0.4 is 24.4 Å². The zero-order valence-corrected chi connectivity index (χ0v) is 24.6. The van der Waals surface area contributed by atoms with Crippen molar-refractivity contribution in [3.05, 3.63) is 125 Å². The molecule has 4 aromatic rings. The van der Waals surface area contributed by atoms with E-state index in [1.807, 2.05) is 60.7 Å². The van der Waals surface area contributed by atoms with Crippen LogP contribution in [0.3, 0.4) is 0 Å². The van der Waals surface area contributed by atoms with Crippen LogP contribution in [0.4, 0.5) is 5.69 Å². The predicted octanol–water partition coefficient (Wildman–Crippen LogP) is 4.79. The van der Waals surface area contributed by atoms with E-state index in [0.29, 0.717) is 15.0 Å². The van der Waals surface area contributed by atoms with Crippen LogP contribution in [0.2, 0.25) is 0 Å². The number of nitro groups is 1. The smallest absolute Gasteiger partial charge is 0.338 e. The van der Waals surface area contributed by atoms with E-state index in [2.05, 4.69) is 0 Å². The molecule has 0 unspecified atom stereocenters. The summed E-state index contributed by atoms with van der Waals surface area (Å²) in [6.07, 6.45) is 1.74. The lowest BCUT2D eigenvalue weighted by molar-refractivity contribution is -0.385. The van der Waals surface area contributed by atoms with Crippen molar-refractivity contribution in [3.8, 4) is 11.5 Å². The zero-order chi connectivity index (χ0) is 30.5. The van der Waals surface area contributed by atoms with Crippen LogP contribution in [0.25, 0.3) is 11.8 Å². The number of fused-ring (bicyclic) bond motifs is 1. The number of ether oxygens (including phenoxy) is 3. The number of esters is 1. The van der Waals surface area contributed by atoms with Gasteiger partial charge in [-0.3, -0.25) is 19.5 Å². The van der Waals surface area contributed by atoms with Crippen LogP contribution in [-0.4, -0.2) is 28.7 Å². The fraction of sp³-hybridized carbons (Fsp3) is 0.219. The van der Waals surface area contributed by atoms with Gasteiger partial charge in [0.25, 0.3) is 11.2 Å². The highest BCUT2D eigenvalue weighted by Gasteiger charge is 2.36. The second-order valence-electron chi connectivity index (χ2n) is 9.52. The Morgan fingerprint density at radius 2 is 1.70 bits per heavy atom. The summed E-state index contributed by atoms with van der Waals surface area (Å²) < 4.78 is 18.9. The molecule has 0 saturated heterocycles. The van der Waals surface area contributed by atoms with Crippen LogP contribution in [0.5, 0.6) is 11.5 Å². The fourth-order valence-electron chi connectivity index (χ4n) is 4.80. The Hall–Kier alpha value is -5.03. The van der Waals surface area contributed by atoms with Gasteiger partial charge in [0.1, 0.15) is 12.6 Å². The Labute approximate surface area is 251 Å². The van der Waals surface area contributed by atoms with Crippen molar-refractivity contribution in [1.29, 1.82) is 0 Å². The second-order valence-corrected chi connectivity index (χ2v) is 10.5. The van der Waals surface area contributed by atoms with Crippen LogP contribution in [-0.2, 0) is 16.1 Å². The van der Waals surface area contributed by atoms with Gasteiger partial charge in [0, 0.05) is 5.70 Å². The number of nitrogens with zero attached hydrogens (tertiary/aromatic N) is 3. The lowest BCUT2D eigenvalue weighted by atomic mass is 9.94. The molecular weight excluding hydrogens is 570 g/mol. The average molecular weight is 600 g/mol. The van der Waals surface area contributed by atoms with Gasteiger partial charge >= 0.3 is 5.97 Å². The Bertz CT molecular complexity index is 1880. The van der Waals surface area contributed by atoms with Crippen LogP contribution >= 0.6 is 11.3 Å².